The molecule has 0 aliphatic rings. The minimum absolute atomic E-state index is 0.385. The Morgan fingerprint density at radius 3 is 2.70 bits per heavy atom. The lowest BCUT2D eigenvalue weighted by Gasteiger charge is -1.96. The molecule has 1 N–H and O–H groups in total. The Bertz CT molecular complexity index is 216. The number of rotatable bonds is 2. The molecule has 3 nitrogen and oxygen atoms in total. The second-order valence-corrected chi connectivity index (χ2v) is 2.23. The van der Waals surface area contributed by atoms with Gasteiger partial charge in [-0.25, -0.2) is 9.82 Å². The van der Waals surface area contributed by atoms with Gasteiger partial charge in [0.15, 0.2) is 5.15 Å². The van der Waals surface area contributed by atoms with Crippen molar-refractivity contribution in [2.24, 2.45) is 0 Å². The first-order valence-electron chi connectivity index (χ1n) is 2.63. The second-order valence-electron chi connectivity index (χ2n) is 1.60. The smallest absolute Gasteiger partial charge is 0.151 e. The Morgan fingerprint density at radius 2 is 2.10 bits per heavy atom. The Morgan fingerprint density at radius 1 is 1.40 bits per heavy atom. The molecule has 0 aliphatic heterocycles. The molecule has 0 fully saturated rings. The van der Waals surface area contributed by atoms with Crippen LogP contribution >= 0.6 is 23.4 Å². The van der Waals surface area contributed by atoms with E-state index in [1.807, 2.05) is 0 Å². The predicted octanol–water partition coefficient (Wildman–Crippen LogP) is 1.37. The first-order valence-corrected chi connectivity index (χ1v) is 3.39. The molecule has 0 atom stereocenters. The number of hydrogen-bond acceptors (Lipinski definition) is 3. The molecule has 0 spiro atoms. The highest BCUT2D eigenvalue weighted by atomic mass is 35.5. The zero-order chi connectivity index (χ0) is 7.40. The van der Waals surface area contributed by atoms with Crippen LogP contribution in [0.15, 0.2) is 12.4 Å². The van der Waals surface area contributed by atoms with Crippen LogP contribution in [0.3, 0.4) is 0 Å². The molecular weight excluding hydrogens is 173 g/mol. The van der Waals surface area contributed by atoms with Gasteiger partial charge in [0.25, 0.3) is 0 Å². The Hall–Kier alpha value is -0.380. The maximum absolute atomic E-state index is 5.63. The van der Waals surface area contributed by atoms with Gasteiger partial charge in [-0.1, -0.05) is 11.6 Å². The Labute approximate surface area is 68.5 Å². The lowest BCUT2D eigenvalue weighted by atomic mass is 10.5. The summed E-state index contributed by atoms with van der Waals surface area (Å²) in [6.07, 6.45) is 3.09. The molecule has 10 heavy (non-hydrogen) atoms. The normalized spacial score (nSPS) is 9.80. The van der Waals surface area contributed by atoms with E-state index in [1.54, 1.807) is 6.20 Å². The summed E-state index contributed by atoms with van der Waals surface area (Å²) < 4.78 is 0. The lowest BCUT2D eigenvalue weighted by Crippen LogP contribution is -2.02. The Balaban J connectivity index is 2.81. The third-order valence-electron chi connectivity index (χ3n) is 0.957. The number of nitrogens with zero attached hydrogens (tertiary/aromatic N) is 2. The van der Waals surface area contributed by atoms with E-state index in [-0.39, 0.29) is 0 Å². The van der Waals surface area contributed by atoms with Gasteiger partial charge in [-0.3, -0.25) is 4.98 Å². The van der Waals surface area contributed by atoms with Crippen molar-refractivity contribution in [1.82, 2.24) is 14.8 Å². The minimum Gasteiger partial charge on any atom is -0.255 e. The summed E-state index contributed by atoms with van der Waals surface area (Å²) in [4.78, 5) is 10.1. The van der Waals surface area contributed by atoms with Gasteiger partial charge in [-0.15, -0.1) is 0 Å². The van der Waals surface area contributed by atoms with E-state index in [2.05, 4.69) is 14.8 Å². The highest BCUT2D eigenvalue weighted by Gasteiger charge is 1.98. The molecule has 1 rings (SSSR count). The molecule has 0 bridgehead atoms. The molecule has 0 aliphatic carbocycles. The summed E-state index contributed by atoms with van der Waals surface area (Å²) in [6.45, 7) is 0.425. The van der Waals surface area contributed by atoms with Gasteiger partial charge < -0.3 is 0 Å². The fourth-order valence-electron chi connectivity index (χ4n) is 0.532. The van der Waals surface area contributed by atoms with Gasteiger partial charge in [0.1, 0.15) is 0 Å². The maximum atomic E-state index is 5.63. The molecule has 1 aromatic heterocycles. The summed E-state index contributed by atoms with van der Waals surface area (Å²) in [6, 6.07) is 0. The van der Waals surface area contributed by atoms with Crippen LogP contribution in [0.4, 0.5) is 0 Å². The summed E-state index contributed by atoms with van der Waals surface area (Å²) in [5, 5.41) is 0.385. The quantitative estimate of drug-likeness (QED) is 0.695. The van der Waals surface area contributed by atoms with Crippen molar-refractivity contribution in [3.63, 3.8) is 0 Å². The van der Waals surface area contributed by atoms with Crippen LogP contribution in [-0.4, -0.2) is 9.97 Å². The fraction of sp³-hybridized carbons (Fsp3) is 0.200. The van der Waals surface area contributed by atoms with Crippen molar-refractivity contribution in [1.29, 1.82) is 0 Å². The highest BCUT2D eigenvalue weighted by molar-refractivity contribution is 6.30. The summed E-state index contributed by atoms with van der Waals surface area (Å²) in [7, 11) is 0. The van der Waals surface area contributed by atoms with E-state index < -0.39 is 0 Å². The van der Waals surface area contributed by atoms with Crippen LogP contribution in [0.5, 0.6) is 0 Å². The van der Waals surface area contributed by atoms with Crippen molar-refractivity contribution >= 4 is 23.4 Å². The average Bonchev–Trinajstić information content (AvgIpc) is 1.94. The third kappa shape index (κ3) is 1.80. The van der Waals surface area contributed by atoms with Crippen LogP contribution in [0.2, 0.25) is 5.15 Å². The Kier molecular flexibility index (Phi) is 2.86. The molecular formula is C5H5Cl2N3. The van der Waals surface area contributed by atoms with Crippen LogP contribution < -0.4 is 4.84 Å². The van der Waals surface area contributed by atoms with Crippen molar-refractivity contribution in [3.8, 4) is 0 Å². The summed E-state index contributed by atoms with van der Waals surface area (Å²) in [5.41, 5.74) is 0.652. The van der Waals surface area contributed by atoms with E-state index in [9.17, 15) is 0 Å². The molecule has 0 saturated carbocycles. The first kappa shape index (κ1) is 7.72. The average molecular weight is 178 g/mol. The SMILES string of the molecule is ClNCc1nccnc1Cl. The molecule has 0 amide bonds. The van der Waals surface area contributed by atoms with E-state index in [0.29, 0.717) is 17.4 Å². The molecule has 0 radical (unpaired) electrons. The second kappa shape index (κ2) is 3.71. The van der Waals surface area contributed by atoms with Crippen LogP contribution in [-0.2, 0) is 6.54 Å². The number of halogens is 2. The molecule has 1 aromatic rings. The first-order chi connectivity index (χ1) is 4.84. The number of nitrogens with one attached hydrogen (secondary N) is 1. The molecule has 0 unspecified atom stereocenters. The van der Waals surface area contributed by atoms with Crippen LogP contribution in [0.25, 0.3) is 0 Å². The monoisotopic (exact) mass is 177 g/mol. The molecule has 0 aromatic carbocycles. The standard InChI is InChI=1S/C5H5Cl2N3/c6-5-4(3-10-7)8-1-2-9-5/h1-2,10H,3H2. The van der Waals surface area contributed by atoms with E-state index in [4.69, 9.17) is 23.4 Å². The maximum Gasteiger partial charge on any atom is 0.151 e. The molecule has 5 heteroatoms. The summed E-state index contributed by atoms with van der Waals surface area (Å²) in [5.74, 6) is 0. The largest absolute Gasteiger partial charge is 0.255 e. The van der Waals surface area contributed by atoms with E-state index >= 15 is 0 Å². The third-order valence-corrected chi connectivity index (χ3v) is 1.41. The zero-order valence-corrected chi connectivity index (χ0v) is 6.52. The van der Waals surface area contributed by atoms with Gasteiger partial charge in [-0.05, 0) is 11.8 Å². The number of aromatic nitrogens is 2. The van der Waals surface area contributed by atoms with Crippen molar-refractivity contribution in [3.05, 3.63) is 23.2 Å². The van der Waals surface area contributed by atoms with Crippen molar-refractivity contribution in [2.75, 3.05) is 0 Å². The molecule has 1 heterocycles. The van der Waals surface area contributed by atoms with E-state index in [1.165, 1.54) is 6.20 Å². The number of hydrogen-bond donors (Lipinski definition) is 1. The minimum atomic E-state index is 0.385. The van der Waals surface area contributed by atoms with E-state index in [0.717, 1.165) is 0 Å². The zero-order valence-electron chi connectivity index (χ0n) is 5.01. The fourth-order valence-corrected chi connectivity index (χ4v) is 0.830. The van der Waals surface area contributed by atoms with Gasteiger partial charge in [0.2, 0.25) is 0 Å². The lowest BCUT2D eigenvalue weighted by molar-refractivity contribution is 0.896. The van der Waals surface area contributed by atoms with Gasteiger partial charge in [0, 0.05) is 12.4 Å². The van der Waals surface area contributed by atoms with Gasteiger partial charge in [-0.2, -0.15) is 0 Å². The van der Waals surface area contributed by atoms with Crippen LogP contribution in [0, 0.1) is 0 Å². The summed E-state index contributed by atoms with van der Waals surface area (Å²) >= 11 is 10.9. The predicted molar refractivity (Wildman–Crippen MR) is 39.7 cm³/mol. The van der Waals surface area contributed by atoms with Crippen molar-refractivity contribution < 1.29 is 0 Å². The highest BCUT2D eigenvalue weighted by Crippen LogP contribution is 2.07. The van der Waals surface area contributed by atoms with Gasteiger partial charge in [0.05, 0.1) is 12.2 Å². The molecule has 0 saturated heterocycles. The van der Waals surface area contributed by atoms with Crippen molar-refractivity contribution in [2.45, 2.75) is 6.54 Å². The molecule has 54 valence electrons. The van der Waals surface area contributed by atoms with Crippen LogP contribution in [0.1, 0.15) is 5.69 Å². The topological polar surface area (TPSA) is 37.8 Å². The van der Waals surface area contributed by atoms with Gasteiger partial charge >= 0.3 is 0 Å².